The Hall–Kier alpha value is -3.62. The number of anilines is 2. The predicted molar refractivity (Wildman–Crippen MR) is 203 cm³/mol. The Bertz CT molecular complexity index is 1560. The molecule has 218 valence electrons. The number of hydrogen-bond acceptors (Lipinski definition) is 2. The van der Waals surface area contributed by atoms with Crippen LogP contribution in [0.25, 0.3) is 11.1 Å². The maximum absolute atomic E-state index is 2.51. The second-order valence-electron chi connectivity index (χ2n) is 11.0. The van der Waals surface area contributed by atoms with Gasteiger partial charge in [-0.25, -0.2) is 0 Å². The second-order valence-corrected chi connectivity index (χ2v) is 13.3. The Kier molecular flexibility index (Phi) is 10.3. The summed E-state index contributed by atoms with van der Waals surface area (Å²) in [5.74, 6) is 0. The van der Waals surface area contributed by atoms with E-state index in [0.717, 1.165) is 26.2 Å². The van der Waals surface area contributed by atoms with Gasteiger partial charge in [0.15, 0.2) is 0 Å². The molecule has 0 atom stereocenters. The normalized spacial score (nSPS) is 10.9. The first-order valence-electron chi connectivity index (χ1n) is 14.9. The number of rotatable bonds is 11. The standard InChI is InChI=1S/C40H34I2N2/c41-39-25-35(43(27-31-13-5-1-6-14-31)28-32-15-7-2-8-16-32)21-23-37(39)38-24-22-36(26-40(38)42)44(29-33-17-9-3-10-18-33)30-34-19-11-4-12-20-34/h1-26H,27-30H2. The lowest BCUT2D eigenvalue weighted by atomic mass is 10.0. The molecule has 44 heavy (non-hydrogen) atoms. The lowest BCUT2D eigenvalue weighted by molar-refractivity contribution is 0.799. The Balaban J connectivity index is 1.28. The molecular weight excluding hydrogens is 762 g/mol. The van der Waals surface area contributed by atoms with Crippen LogP contribution in [0.15, 0.2) is 158 Å². The van der Waals surface area contributed by atoms with Crippen molar-refractivity contribution in [2.45, 2.75) is 26.2 Å². The molecule has 4 heteroatoms. The molecule has 0 aliphatic rings. The molecule has 6 aromatic carbocycles. The zero-order valence-electron chi connectivity index (χ0n) is 24.5. The van der Waals surface area contributed by atoms with Gasteiger partial charge in [0.1, 0.15) is 0 Å². The minimum atomic E-state index is 0.857. The largest absolute Gasteiger partial charge is 0.363 e. The van der Waals surface area contributed by atoms with Crippen molar-refractivity contribution in [2.24, 2.45) is 0 Å². The molecule has 0 unspecified atom stereocenters. The summed E-state index contributed by atoms with van der Waals surface area (Å²) in [6.07, 6.45) is 0. The number of benzene rings is 6. The third-order valence-corrected chi connectivity index (χ3v) is 9.58. The van der Waals surface area contributed by atoms with Crippen LogP contribution in [0.5, 0.6) is 0 Å². The summed E-state index contributed by atoms with van der Waals surface area (Å²) >= 11 is 5.03. The van der Waals surface area contributed by atoms with E-state index in [-0.39, 0.29) is 0 Å². The summed E-state index contributed by atoms with van der Waals surface area (Å²) in [7, 11) is 0. The van der Waals surface area contributed by atoms with Gasteiger partial charge in [-0.15, -0.1) is 0 Å². The summed E-state index contributed by atoms with van der Waals surface area (Å²) in [4.78, 5) is 4.94. The van der Waals surface area contributed by atoms with Crippen molar-refractivity contribution in [2.75, 3.05) is 9.80 Å². The second kappa shape index (κ2) is 14.9. The summed E-state index contributed by atoms with van der Waals surface area (Å²) in [5.41, 5.74) is 10.2. The molecule has 0 spiro atoms. The highest BCUT2D eigenvalue weighted by Gasteiger charge is 2.15. The third-order valence-electron chi connectivity index (χ3n) is 7.79. The first kappa shape index (κ1) is 30.4. The van der Waals surface area contributed by atoms with Crippen molar-refractivity contribution in [3.8, 4) is 11.1 Å². The highest BCUT2D eigenvalue weighted by atomic mass is 127. The van der Waals surface area contributed by atoms with Crippen molar-refractivity contribution < 1.29 is 0 Å². The molecule has 0 saturated carbocycles. The molecule has 0 heterocycles. The maximum Gasteiger partial charge on any atom is 0.0433 e. The summed E-state index contributed by atoms with van der Waals surface area (Å²) in [6.45, 7) is 3.43. The van der Waals surface area contributed by atoms with Crippen LogP contribution in [0.3, 0.4) is 0 Å². The van der Waals surface area contributed by atoms with E-state index in [1.54, 1.807) is 0 Å². The molecule has 0 aromatic heterocycles. The number of hydrogen-bond donors (Lipinski definition) is 0. The number of nitrogens with zero attached hydrogens (tertiary/aromatic N) is 2. The van der Waals surface area contributed by atoms with Crippen molar-refractivity contribution in [1.82, 2.24) is 0 Å². The van der Waals surface area contributed by atoms with Crippen LogP contribution in [0, 0.1) is 7.14 Å². The molecule has 0 bridgehead atoms. The lowest BCUT2D eigenvalue weighted by Gasteiger charge is -2.27. The molecular formula is C40H34I2N2. The van der Waals surface area contributed by atoms with E-state index in [9.17, 15) is 0 Å². The Morgan fingerprint density at radius 3 is 0.864 bits per heavy atom. The summed E-state index contributed by atoms with van der Waals surface area (Å²) in [5, 5.41) is 0. The molecule has 2 nitrogen and oxygen atoms in total. The highest BCUT2D eigenvalue weighted by molar-refractivity contribution is 14.1. The lowest BCUT2D eigenvalue weighted by Crippen LogP contribution is -2.22. The first-order chi connectivity index (χ1) is 21.6. The fourth-order valence-electron chi connectivity index (χ4n) is 5.53. The minimum Gasteiger partial charge on any atom is -0.363 e. The maximum atomic E-state index is 2.51. The average Bonchev–Trinajstić information content (AvgIpc) is 3.06. The van der Waals surface area contributed by atoms with E-state index in [0.29, 0.717) is 0 Å². The van der Waals surface area contributed by atoms with Gasteiger partial charge in [0, 0.05) is 44.7 Å². The van der Waals surface area contributed by atoms with E-state index < -0.39 is 0 Å². The van der Waals surface area contributed by atoms with Gasteiger partial charge < -0.3 is 9.80 Å². The SMILES string of the molecule is Ic1cc(N(Cc2ccccc2)Cc2ccccc2)ccc1-c1ccc(N(Cc2ccccc2)Cc2ccccc2)cc1I. The van der Waals surface area contributed by atoms with Crippen LogP contribution in [-0.4, -0.2) is 0 Å². The van der Waals surface area contributed by atoms with Gasteiger partial charge in [0.25, 0.3) is 0 Å². The van der Waals surface area contributed by atoms with Crippen molar-refractivity contribution in [3.05, 3.63) is 187 Å². The van der Waals surface area contributed by atoms with E-state index in [2.05, 4.69) is 213 Å². The van der Waals surface area contributed by atoms with E-state index >= 15 is 0 Å². The quantitative estimate of drug-likeness (QED) is 0.121. The van der Waals surface area contributed by atoms with E-state index in [4.69, 9.17) is 0 Å². The predicted octanol–water partition coefficient (Wildman–Crippen LogP) is 11.0. The van der Waals surface area contributed by atoms with Gasteiger partial charge in [0.2, 0.25) is 0 Å². The summed E-state index contributed by atoms with van der Waals surface area (Å²) in [6, 6.07) is 56.8. The monoisotopic (exact) mass is 796 g/mol. The molecule has 0 aliphatic carbocycles. The van der Waals surface area contributed by atoms with Crippen LogP contribution < -0.4 is 9.80 Å². The third kappa shape index (κ3) is 7.90. The zero-order chi connectivity index (χ0) is 30.1. The van der Waals surface area contributed by atoms with Gasteiger partial charge >= 0.3 is 0 Å². The fourth-order valence-corrected chi connectivity index (χ4v) is 7.11. The average molecular weight is 797 g/mol. The minimum absolute atomic E-state index is 0.857. The van der Waals surface area contributed by atoms with Gasteiger partial charge in [-0.05, 0) is 103 Å². The molecule has 0 aliphatic heterocycles. The molecule has 6 aromatic rings. The molecule has 0 radical (unpaired) electrons. The van der Waals surface area contributed by atoms with Gasteiger partial charge in [-0.2, -0.15) is 0 Å². The Morgan fingerprint density at radius 1 is 0.341 bits per heavy atom. The first-order valence-corrected chi connectivity index (χ1v) is 17.0. The van der Waals surface area contributed by atoms with Crippen LogP contribution >= 0.6 is 45.2 Å². The summed E-state index contributed by atoms with van der Waals surface area (Å²) < 4.78 is 2.50. The van der Waals surface area contributed by atoms with Crippen molar-refractivity contribution in [1.29, 1.82) is 0 Å². The van der Waals surface area contributed by atoms with Gasteiger partial charge in [0.05, 0.1) is 0 Å². The topological polar surface area (TPSA) is 6.48 Å². The molecule has 0 saturated heterocycles. The van der Waals surface area contributed by atoms with Crippen LogP contribution in [0.4, 0.5) is 11.4 Å². The molecule has 0 N–H and O–H groups in total. The smallest absolute Gasteiger partial charge is 0.0433 e. The van der Waals surface area contributed by atoms with Gasteiger partial charge in [-0.1, -0.05) is 133 Å². The zero-order valence-corrected chi connectivity index (χ0v) is 28.8. The fraction of sp³-hybridized carbons (Fsp3) is 0.100. The van der Waals surface area contributed by atoms with Crippen molar-refractivity contribution >= 4 is 56.6 Å². The van der Waals surface area contributed by atoms with E-state index in [1.165, 1.54) is 51.9 Å². The van der Waals surface area contributed by atoms with Crippen molar-refractivity contribution in [3.63, 3.8) is 0 Å². The van der Waals surface area contributed by atoms with Crippen LogP contribution in [-0.2, 0) is 26.2 Å². The Morgan fingerprint density at radius 2 is 0.614 bits per heavy atom. The molecule has 0 fully saturated rings. The van der Waals surface area contributed by atoms with E-state index in [1.807, 2.05) is 0 Å². The molecule has 0 amide bonds. The van der Waals surface area contributed by atoms with Crippen LogP contribution in [0.2, 0.25) is 0 Å². The van der Waals surface area contributed by atoms with Gasteiger partial charge in [-0.3, -0.25) is 0 Å². The molecule has 6 rings (SSSR count). The Labute approximate surface area is 288 Å². The van der Waals surface area contributed by atoms with Crippen LogP contribution in [0.1, 0.15) is 22.3 Å². The number of halogens is 2. The highest BCUT2D eigenvalue weighted by Crippen LogP contribution is 2.35.